The van der Waals surface area contributed by atoms with Crippen LogP contribution >= 0.6 is 0 Å². The summed E-state index contributed by atoms with van der Waals surface area (Å²) in [5.41, 5.74) is 0. The average Bonchev–Trinajstić information content (AvgIpc) is 3.00. The largest absolute Gasteiger partial charge is 0.385 e. The first kappa shape index (κ1) is 17.3. The maximum atomic E-state index is 13.0. The molecule has 24 heavy (non-hydrogen) atoms. The third kappa shape index (κ3) is 3.29. The highest BCUT2D eigenvalue weighted by atomic mass is 16.3. The molecule has 3 heterocycles. The lowest BCUT2D eigenvalue weighted by Gasteiger charge is -2.44. The zero-order valence-electron chi connectivity index (χ0n) is 15.1. The van der Waals surface area contributed by atoms with Gasteiger partial charge < -0.3 is 19.5 Å². The Balaban J connectivity index is 1.69. The molecule has 6 nitrogen and oxygen atoms in total. The molecular formula is C18H30N4O2. The zero-order valence-corrected chi connectivity index (χ0v) is 15.1. The number of aromatic nitrogens is 2. The summed E-state index contributed by atoms with van der Waals surface area (Å²) in [5.74, 6) is 0.744. The number of amides is 2. The molecule has 2 amide bonds. The monoisotopic (exact) mass is 334 g/mol. The van der Waals surface area contributed by atoms with E-state index in [0.29, 0.717) is 24.5 Å². The van der Waals surface area contributed by atoms with Crippen LogP contribution in [0.5, 0.6) is 0 Å². The Bertz CT molecular complexity index is 563. The molecule has 3 rings (SSSR count). The summed E-state index contributed by atoms with van der Waals surface area (Å²) in [6.07, 6.45) is 8.19. The van der Waals surface area contributed by atoms with Crippen LogP contribution < -0.4 is 0 Å². The van der Waals surface area contributed by atoms with Crippen LogP contribution in [0.4, 0.5) is 4.79 Å². The molecule has 0 bridgehead atoms. The summed E-state index contributed by atoms with van der Waals surface area (Å²) in [5, 5.41) is 10.7. The molecular weight excluding hydrogens is 304 g/mol. The van der Waals surface area contributed by atoms with E-state index in [1.807, 2.05) is 22.7 Å². The molecule has 2 aliphatic rings. The summed E-state index contributed by atoms with van der Waals surface area (Å²) in [6.45, 7) is 5.71. The molecule has 1 aromatic rings. The second-order valence-electron chi connectivity index (χ2n) is 7.51. The second-order valence-corrected chi connectivity index (χ2v) is 7.51. The number of hydrogen-bond acceptors (Lipinski definition) is 3. The minimum atomic E-state index is -0.614. The molecule has 0 aromatic carbocycles. The molecule has 1 aromatic heterocycles. The Kier molecular flexibility index (Phi) is 5.13. The smallest absolute Gasteiger partial charge is 0.320 e. The van der Waals surface area contributed by atoms with Crippen molar-refractivity contribution in [2.45, 2.75) is 64.1 Å². The van der Waals surface area contributed by atoms with E-state index >= 15 is 0 Å². The molecule has 6 heteroatoms. The van der Waals surface area contributed by atoms with Crippen molar-refractivity contribution >= 4 is 6.03 Å². The minimum absolute atomic E-state index is 0.0548. The van der Waals surface area contributed by atoms with Crippen LogP contribution in [0.2, 0.25) is 0 Å². The molecule has 1 N–H and O–H groups in total. The van der Waals surface area contributed by atoms with Crippen LogP contribution in [0.25, 0.3) is 0 Å². The Morgan fingerprint density at radius 2 is 1.96 bits per heavy atom. The van der Waals surface area contributed by atoms with Crippen molar-refractivity contribution in [3.05, 3.63) is 18.2 Å². The van der Waals surface area contributed by atoms with Crippen molar-refractivity contribution in [1.29, 1.82) is 0 Å². The Labute approximate surface area is 144 Å². The molecule has 134 valence electrons. The van der Waals surface area contributed by atoms with Gasteiger partial charge in [-0.15, -0.1) is 0 Å². The van der Waals surface area contributed by atoms with Gasteiger partial charge in [0.25, 0.3) is 0 Å². The number of aliphatic hydroxyl groups excluding tert-OH is 1. The summed E-state index contributed by atoms with van der Waals surface area (Å²) in [4.78, 5) is 21.3. The average molecular weight is 334 g/mol. The van der Waals surface area contributed by atoms with Gasteiger partial charge in [-0.3, -0.25) is 0 Å². The van der Waals surface area contributed by atoms with Gasteiger partial charge in [-0.05, 0) is 46.0 Å². The van der Waals surface area contributed by atoms with Gasteiger partial charge in [0.05, 0.1) is 0 Å². The second kappa shape index (κ2) is 7.13. The molecule has 0 radical (unpaired) electrons. The van der Waals surface area contributed by atoms with E-state index in [-0.39, 0.29) is 11.9 Å². The lowest BCUT2D eigenvalue weighted by Crippen LogP contribution is -2.55. The third-order valence-electron chi connectivity index (χ3n) is 5.71. The Morgan fingerprint density at radius 1 is 1.25 bits per heavy atom. The Morgan fingerprint density at radius 3 is 2.58 bits per heavy atom. The van der Waals surface area contributed by atoms with Crippen molar-refractivity contribution in [3.63, 3.8) is 0 Å². The van der Waals surface area contributed by atoms with E-state index in [4.69, 9.17) is 0 Å². The fourth-order valence-electron chi connectivity index (χ4n) is 4.28. The van der Waals surface area contributed by atoms with Gasteiger partial charge >= 0.3 is 6.03 Å². The maximum Gasteiger partial charge on any atom is 0.320 e. The number of rotatable bonds is 2. The number of aliphatic hydroxyl groups is 1. The fraction of sp³-hybridized carbons (Fsp3) is 0.778. The van der Waals surface area contributed by atoms with Gasteiger partial charge in [-0.2, -0.15) is 0 Å². The van der Waals surface area contributed by atoms with Crippen molar-refractivity contribution in [1.82, 2.24) is 19.4 Å². The summed E-state index contributed by atoms with van der Waals surface area (Å²) >= 11 is 0. The highest BCUT2D eigenvalue weighted by molar-refractivity contribution is 5.75. The quantitative estimate of drug-likeness (QED) is 0.904. The number of urea groups is 1. The SMILES string of the molecule is CC1CCCC(C)N1C(=O)N1CCCC(C(O)c2nccn2C)C1. The third-order valence-corrected chi connectivity index (χ3v) is 5.71. The fourth-order valence-corrected chi connectivity index (χ4v) is 4.28. The lowest BCUT2D eigenvalue weighted by molar-refractivity contribution is 0.0356. The van der Waals surface area contributed by atoms with Gasteiger partial charge in [0.15, 0.2) is 0 Å². The Hall–Kier alpha value is -1.56. The van der Waals surface area contributed by atoms with Crippen LogP contribution in [-0.4, -0.2) is 55.7 Å². The normalized spacial score (nSPS) is 29.6. The van der Waals surface area contributed by atoms with E-state index in [2.05, 4.69) is 23.7 Å². The molecule has 4 unspecified atom stereocenters. The zero-order chi connectivity index (χ0) is 17.3. The summed E-state index contributed by atoms with van der Waals surface area (Å²) in [6, 6.07) is 0.758. The van der Waals surface area contributed by atoms with Crippen molar-refractivity contribution in [3.8, 4) is 0 Å². The van der Waals surface area contributed by atoms with Crippen LogP contribution in [-0.2, 0) is 7.05 Å². The number of piperidine rings is 2. The van der Waals surface area contributed by atoms with Crippen LogP contribution in [0.1, 0.15) is 57.9 Å². The van der Waals surface area contributed by atoms with Crippen LogP contribution in [0.15, 0.2) is 12.4 Å². The van der Waals surface area contributed by atoms with Crippen molar-refractivity contribution in [2.24, 2.45) is 13.0 Å². The van der Waals surface area contributed by atoms with Crippen molar-refractivity contribution < 1.29 is 9.90 Å². The van der Waals surface area contributed by atoms with Crippen LogP contribution in [0, 0.1) is 5.92 Å². The molecule has 2 aliphatic heterocycles. The lowest BCUT2D eigenvalue weighted by atomic mass is 9.91. The number of carbonyl (C=O) groups is 1. The number of nitrogens with zero attached hydrogens (tertiary/aromatic N) is 4. The van der Waals surface area contributed by atoms with Gasteiger partial charge in [-0.1, -0.05) is 0 Å². The highest BCUT2D eigenvalue weighted by Gasteiger charge is 2.36. The molecule has 4 atom stereocenters. The first-order valence-corrected chi connectivity index (χ1v) is 9.21. The number of likely N-dealkylation sites (tertiary alicyclic amines) is 2. The predicted octanol–water partition coefficient (Wildman–Crippen LogP) is 2.55. The molecule has 0 aliphatic carbocycles. The summed E-state index contributed by atoms with van der Waals surface area (Å²) < 4.78 is 1.86. The molecule has 2 saturated heterocycles. The molecule has 0 saturated carbocycles. The van der Waals surface area contributed by atoms with E-state index in [1.54, 1.807) is 6.20 Å². The topological polar surface area (TPSA) is 61.6 Å². The first-order valence-electron chi connectivity index (χ1n) is 9.21. The van der Waals surface area contributed by atoms with E-state index in [0.717, 1.165) is 32.2 Å². The number of carbonyl (C=O) groups excluding carboxylic acids is 1. The maximum absolute atomic E-state index is 13.0. The standard InChI is InChI=1S/C18H30N4O2/c1-13-6-4-7-14(2)22(13)18(24)21-10-5-8-15(12-21)16(23)17-19-9-11-20(17)3/h9,11,13-16,23H,4-8,10,12H2,1-3H3. The van der Waals surface area contributed by atoms with Gasteiger partial charge in [-0.25, -0.2) is 9.78 Å². The van der Waals surface area contributed by atoms with Crippen LogP contribution in [0.3, 0.4) is 0 Å². The van der Waals surface area contributed by atoms with Gasteiger partial charge in [0, 0.05) is 50.5 Å². The summed E-state index contributed by atoms with van der Waals surface area (Å²) in [7, 11) is 1.90. The predicted molar refractivity (Wildman–Crippen MR) is 92.5 cm³/mol. The highest BCUT2D eigenvalue weighted by Crippen LogP contribution is 2.31. The minimum Gasteiger partial charge on any atom is -0.385 e. The number of imidazole rings is 1. The number of aryl methyl sites for hydroxylation is 1. The van der Waals surface area contributed by atoms with Gasteiger partial charge in [0.1, 0.15) is 11.9 Å². The molecule has 2 fully saturated rings. The van der Waals surface area contributed by atoms with E-state index in [1.165, 1.54) is 6.42 Å². The van der Waals surface area contributed by atoms with E-state index < -0.39 is 6.10 Å². The number of hydrogen-bond donors (Lipinski definition) is 1. The first-order chi connectivity index (χ1) is 11.5. The molecule has 0 spiro atoms. The van der Waals surface area contributed by atoms with E-state index in [9.17, 15) is 9.90 Å². The van der Waals surface area contributed by atoms with Crippen molar-refractivity contribution in [2.75, 3.05) is 13.1 Å². The van der Waals surface area contributed by atoms with Gasteiger partial charge in [0.2, 0.25) is 0 Å².